The first-order valence-electron chi connectivity index (χ1n) is 8.88. The Morgan fingerprint density at radius 1 is 0.929 bits per heavy atom. The van der Waals surface area contributed by atoms with Crippen molar-refractivity contribution in [2.75, 3.05) is 5.32 Å². The van der Waals surface area contributed by atoms with Crippen LogP contribution < -0.4 is 11.1 Å². The Morgan fingerprint density at radius 3 is 2.04 bits per heavy atom. The van der Waals surface area contributed by atoms with Gasteiger partial charge in [0.15, 0.2) is 6.10 Å². The van der Waals surface area contributed by atoms with Crippen LogP contribution in [-0.4, -0.2) is 30.0 Å². The number of benzene rings is 2. The van der Waals surface area contributed by atoms with Gasteiger partial charge in [0.2, 0.25) is 5.91 Å². The minimum absolute atomic E-state index is 0.121. The number of carbonyl (C=O) groups excluding carboxylic acids is 3. The number of amides is 2. The molecule has 2 rings (SSSR count). The summed E-state index contributed by atoms with van der Waals surface area (Å²) in [6.45, 7) is 5.84. The first-order valence-corrected chi connectivity index (χ1v) is 8.88. The first kappa shape index (κ1) is 21.1. The molecular formula is C21H24N2O5. The summed E-state index contributed by atoms with van der Waals surface area (Å²) in [6.07, 6.45) is -0.872. The SMILES string of the molecule is CC(C)OCc1ccc(C(=O)O[C@H](C)C(=O)Nc2ccc(C(N)=O)cc2)cc1. The highest BCUT2D eigenvalue weighted by Gasteiger charge is 2.19. The van der Waals surface area contributed by atoms with Gasteiger partial charge in [-0.05, 0) is 62.7 Å². The molecule has 0 aliphatic carbocycles. The molecular weight excluding hydrogens is 360 g/mol. The number of hydrogen-bond donors (Lipinski definition) is 2. The van der Waals surface area contributed by atoms with Gasteiger partial charge < -0.3 is 20.5 Å². The Balaban J connectivity index is 1.90. The number of anilines is 1. The Morgan fingerprint density at radius 2 is 1.50 bits per heavy atom. The van der Waals surface area contributed by atoms with Crippen LogP contribution in [0, 0.1) is 0 Å². The highest BCUT2D eigenvalue weighted by atomic mass is 16.5. The lowest BCUT2D eigenvalue weighted by Gasteiger charge is -2.14. The average Bonchev–Trinajstić information content (AvgIpc) is 2.67. The molecule has 0 bridgehead atoms. The van der Waals surface area contributed by atoms with Crippen molar-refractivity contribution in [1.29, 1.82) is 0 Å². The molecule has 0 saturated heterocycles. The lowest BCUT2D eigenvalue weighted by molar-refractivity contribution is -0.123. The van der Waals surface area contributed by atoms with Gasteiger partial charge in [-0.15, -0.1) is 0 Å². The predicted octanol–water partition coefficient (Wildman–Crippen LogP) is 2.89. The summed E-state index contributed by atoms with van der Waals surface area (Å²) in [6, 6.07) is 12.9. The second-order valence-electron chi connectivity index (χ2n) is 6.54. The third kappa shape index (κ3) is 6.21. The van der Waals surface area contributed by atoms with Crippen molar-refractivity contribution in [2.24, 2.45) is 5.73 Å². The number of primary amides is 1. The maximum Gasteiger partial charge on any atom is 0.338 e. The normalized spacial score (nSPS) is 11.7. The predicted molar refractivity (Wildman–Crippen MR) is 105 cm³/mol. The number of esters is 1. The number of carbonyl (C=O) groups is 3. The molecule has 7 nitrogen and oxygen atoms in total. The molecule has 2 amide bonds. The first-order chi connectivity index (χ1) is 13.3. The van der Waals surface area contributed by atoms with Crippen molar-refractivity contribution in [3.8, 4) is 0 Å². The van der Waals surface area contributed by atoms with Gasteiger partial charge in [-0.1, -0.05) is 12.1 Å². The molecule has 0 spiro atoms. The number of nitrogens with two attached hydrogens (primary N) is 1. The van der Waals surface area contributed by atoms with Gasteiger partial charge >= 0.3 is 5.97 Å². The van der Waals surface area contributed by atoms with Crippen LogP contribution in [0.3, 0.4) is 0 Å². The zero-order valence-corrected chi connectivity index (χ0v) is 16.1. The van der Waals surface area contributed by atoms with Crippen LogP contribution in [0.2, 0.25) is 0 Å². The number of rotatable bonds is 8. The molecule has 0 fully saturated rings. The molecule has 3 N–H and O–H groups in total. The van der Waals surface area contributed by atoms with Crippen molar-refractivity contribution >= 4 is 23.5 Å². The van der Waals surface area contributed by atoms with Gasteiger partial charge in [-0.3, -0.25) is 9.59 Å². The molecule has 0 radical (unpaired) electrons. The number of nitrogens with one attached hydrogen (secondary N) is 1. The summed E-state index contributed by atoms with van der Waals surface area (Å²) in [5, 5.41) is 2.62. The second-order valence-corrected chi connectivity index (χ2v) is 6.54. The molecule has 1 atom stereocenters. The molecule has 148 valence electrons. The summed E-state index contributed by atoms with van der Waals surface area (Å²) in [5.74, 6) is -1.63. The van der Waals surface area contributed by atoms with Gasteiger partial charge in [-0.2, -0.15) is 0 Å². The lowest BCUT2D eigenvalue weighted by Crippen LogP contribution is -2.30. The molecule has 0 unspecified atom stereocenters. The molecule has 2 aromatic carbocycles. The van der Waals surface area contributed by atoms with Crippen molar-refractivity contribution in [2.45, 2.75) is 39.6 Å². The van der Waals surface area contributed by atoms with Crippen LogP contribution in [-0.2, 0) is 20.9 Å². The van der Waals surface area contributed by atoms with E-state index in [-0.39, 0.29) is 6.10 Å². The quantitative estimate of drug-likeness (QED) is 0.681. The van der Waals surface area contributed by atoms with E-state index in [9.17, 15) is 14.4 Å². The molecule has 0 aliphatic rings. The third-order valence-corrected chi connectivity index (χ3v) is 3.86. The largest absolute Gasteiger partial charge is 0.449 e. The smallest absolute Gasteiger partial charge is 0.338 e. The summed E-state index contributed by atoms with van der Waals surface area (Å²) in [4.78, 5) is 35.5. The van der Waals surface area contributed by atoms with Crippen LogP contribution >= 0.6 is 0 Å². The van der Waals surface area contributed by atoms with E-state index in [4.69, 9.17) is 15.2 Å². The second kappa shape index (κ2) is 9.66. The van der Waals surface area contributed by atoms with Gasteiger partial charge in [0.25, 0.3) is 5.91 Å². The Kier molecular flexibility index (Phi) is 7.28. The van der Waals surface area contributed by atoms with E-state index in [1.54, 1.807) is 36.4 Å². The summed E-state index contributed by atoms with van der Waals surface area (Å²) in [5.41, 5.74) is 7.26. The highest BCUT2D eigenvalue weighted by Crippen LogP contribution is 2.12. The Labute approximate surface area is 163 Å². The Bertz CT molecular complexity index is 829. The van der Waals surface area contributed by atoms with Crippen LogP contribution in [0.25, 0.3) is 0 Å². The monoisotopic (exact) mass is 384 g/mol. The van der Waals surface area contributed by atoms with Crippen LogP contribution in [0.5, 0.6) is 0 Å². The van der Waals surface area contributed by atoms with E-state index in [1.807, 2.05) is 13.8 Å². The van der Waals surface area contributed by atoms with Crippen LogP contribution in [0.1, 0.15) is 47.1 Å². The van der Waals surface area contributed by atoms with E-state index in [1.165, 1.54) is 19.1 Å². The summed E-state index contributed by atoms with van der Waals surface area (Å²) >= 11 is 0. The molecule has 7 heteroatoms. The van der Waals surface area contributed by atoms with E-state index >= 15 is 0 Å². The fourth-order valence-electron chi connectivity index (χ4n) is 2.24. The zero-order chi connectivity index (χ0) is 20.7. The van der Waals surface area contributed by atoms with Gasteiger partial charge in [0.05, 0.1) is 18.3 Å². The summed E-state index contributed by atoms with van der Waals surface area (Å²) < 4.78 is 10.7. The van der Waals surface area contributed by atoms with E-state index in [2.05, 4.69) is 5.32 Å². The highest BCUT2D eigenvalue weighted by molar-refractivity contribution is 5.98. The van der Waals surface area contributed by atoms with Crippen molar-refractivity contribution < 1.29 is 23.9 Å². The molecule has 0 aromatic heterocycles. The maximum absolute atomic E-state index is 12.2. The standard InChI is InChI=1S/C21H24N2O5/c1-13(2)27-12-15-4-6-17(7-5-15)21(26)28-14(3)20(25)23-18-10-8-16(9-11-18)19(22)24/h4-11,13-14H,12H2,1-3H3,(H2,22,24)(H,23,25)/t14-/m1/s1. The van der Waals surface area contributed by atoms with E-state index in [0.29, 0.717) is 23.4 Å². The van der Waals surface area contributed by atoms with Crippen LogP contribution in [0.4, 0.5) is 5.69 Å². The van der Waals surface area contributed by atoms with Gasteiger partial charge in [-0.25, -0.2) is 4.79 Å². The number of hydrogen-bond acceptors (Lipinski definition) is 5. The average molecular weight is 384 g/mol. The lowest BCUT2D eigenvalue weighted by atomic mass is 10.1. The molecule has 0 heterocycles. The molecule has 28 heavy (non-hydrogen) atoms. The van der Waals surface area contributed by atoms with Crippen molar-refractivity contribution in [3.05, 3.63) is 65.2 Å². The fourth-order valence-corrected chi connectivity index (χ4v) is 2.24. The third-order valence-electron chi connectivity index (χ3n) is 3.86. The van der Waals surface area contributed by atoms with E-state index < -0.39 is 23.9 Å². The summed E-state index contributed by atoms with van der Waals surface area (Å²) in [7, 11) is 0. The van der Waals surface area contributed by atoms with Gasteiger partial charge in [0.1, 0.15) is 0 Å². The van der Waals surface area contributed by atoms with Crippen molar-refractivity contribution in [3.63, 3.8) is 0 Å². The molecule has 2 aromatic rings. The minimum Gasteiger partial charge on any atom is -0.449 e. The van der Waals surface area contributed by atoms with Crippen molar-refractivity contribution in [1.82, 2.24) is 0 Å². The van der Waals surface area contributed by atoms with E-state index in [0.717, 1.165) is 5.56 Å². The maximum atomic E-state index is 12.2. The minimum atomic E-state index is -0.993. The fraction of sp³-hybridized carbons (Fsp3) is 0.286. The zero-order valence-electron chi connectivity index (χ0n) is 16.1. The molecule has 0 aliphatic heterocycles. The van der Waals surface area contributed by atoms with Crippen LogP contribution in [0.15, 0.2) is 48.5 Å². The Hall–Kier alpha value is -3.19. The molecule has 0 saturated carbocycles. The van der Waals surface area contributed by atoms with Gasteiger partial charge in [0, 0.05) is 11.3 Å². The number of ether oxygens (including phenoxy) is 2. The topological polar surface area (TPSA) is 108 Å².